The number of piperidine rings is 1. The molecule has 8 heteroatoms. The summed E-state index contributed by atoms with van der Waals surface area (Å²) in [6, 6.07) is 5.25. The normalized spacial score (nSPS) is 16.6. The Morgan fingerprint density at radius 2 is 1.94 bits per heavy atom. The zero-order valence-corrected chi connectivity index (χ0v) is 20.6. The van der Waals surface area contributed by atoms with Crippen molar-refractivity contribution in [3.63, 3.8) is 0 Å². The van der Waals surface area contributed by atoms with Gasteiger partial charge in [0.1, 0.15) is 28.7 Å². The molecular formula is C26H31FN4O3. The molecule has 1 saturated heterocycles. The minimum Gasteiger partial charge on any atom is -0.496 e. The van der Waals surface area contributed by atoms with Crippen LogP contribution in [0, 0.1) is 19.7 Å². The van der Waals surface area contributed by atoms with Crippen LogP contribution in [0.2, 0.25) is 0 Å². The highest BCUT2D eigenvalue weighted by Gasteiger charge is 2.30. The summed E-state index contributed by atoms with van der Waals surface area (Å²) < 4.78 is 26.2. The van der Waals surface area contributed by atoms with Crippen LogP contribution in [0.4, 0.5) is 9.18 Å². The van der Waals surface area contributed by atoms with Gasteiger partial charge in [0.25, 0.3) is 0 Å². The highest BCUT2D eigenvalue weighted by molar-refractivity contribution is 5.81. The molecule has 7 nitrogen and oxygen atoms in total. The number of pyridine rings is 1. The number of carbonyl (C=O) groups is 1. The molecule has 2 aromatic heterocycles. The van der Waals surface area contributed by atoms with E-state index in [1.807, 2.05) is 46.8 Å². The molecule has 1 amide bonds. The number of aryl methyl sites for hydroxylation is 2. The molecule has 1 aliphatic rings. The SMILES string of the molecule is COc1cc(C)cc(C)c1-c1nc2nc([C@@H]3CCCN(C(=O)OC(C)(C)C)C3)ncc2cc1F. The van der Waals surface area contributed by atoms with Gasteiger partial charge >= 0.3 is 6.09 Å². The molecule has 0 radical (unpaired) electrons. The summed E-state index contributed by atoms with van der Waals surface area (Å²) in [6.07, 6.45) is 2.95. The molecule has 34 heavy (non-hydrogen) atoms. The smallest absolute Gasteiger partial charge is 0.410 e. The van der Waals surface area contributed by atoms with Gasteiger partial charge in [0.05, 0.1) is 7.11 Å². The first kappa shape index (κ1) is 23.9. The molecular weight excluding hydrogens is 435 g/mol. The van der Waals surface area contributed by atoms with Gasteiger partial charge in [-0.3, -0.25) is 0 Å². The summed E-state index contributed by atoms with van der Waals surface area (Å²) in [5.41, 5.74) is 2.57. The monoisotopic (exact) mass is 466 g/mol. The summed E-state index contributed by atoms with van der Waals surface area (Å²) in [6.45, 7) is 10.5. The van der Waals surface area contributed by atoms with E-state index >= 15 is 4.39 Å². The van der Waals surface area contributed by atoms with Gasteiger partial charge in [0, 0.05) is 36.2 Å². The van der Waals surface area contributed by atoms with Gasteiger partial charge in [0.15, 0.2) is 5.65 Å². The number of hydrogen-bond acceptors (Lipinski definition) is 6. The van der Waals surface area contributed by atoms with Crippen LogP contribution in [-0.4, -0.2) is 51.7 Å². The number of ether oxygens (including phenoxy) is 2. The van der Waals surface area contributed by atoms with Crippen LogP contribution in [0.25, 0.3) is 22.3 Å². The molecule has 1 atom stereocenters. The van der Waals surface area contributed by atoms with Crippen molar-refractivity contribution in [2.75, 3.05) is 20.2 Å². The lowest BCUT2D eigenvalue weighted by Crippen LogP contribution is -2.42. The molecule has 3 heterocycles. The number of aromatic nitrogens is 3. The van der Waals surface area contributed by atoms with E-state index in [0.717, 1.165) is 24.0 Å². The molecule has 0 aliphatic carbocycles. The van der Waals surface area contributed by atoms with Crippen LogP contribution < -0.4 is 4.74 Å². The number of amides is 1. The standard InChI is InChI=1S/C26H31FN4O3/c1-15-10-16(2)21(20(11-15)33-6)22-19(27)12-18-13-28-23(30-24(18)29-22)17-8-7-9-31(14-17)25(32)34-26(3,4)5/h10-13,17H,7-9,14H2,1-6H3/t17-/m1/s1. The predicted octanol–water partition coefficient (Wildman–Crippen LogP) is 5.57. The highest BCUT2D eigenvalue weighted by Crippen LogP contribution is 2.36. The van der Waals surface area contributed by atoms with Crippen LogP contribution in [0.1, 0.15) is 56.5 Å². The summed E-state index contributed by atoms with van der Waals surface area (Å²) >= 11 is 0. The molecule has 0 bridgehead atoms. The van der Waals surface area contributed by atoms with Crippen molar-refractivity contribution in [1.29, 1.82) is 0 Å². The van der Waals surface area contributed by atoms with Crippen molar-refractivity contribution in [1.82, 2.24) is 19.9 Å². The van der Waals surface area contributed by atoms with Gasteiger partial charge in [-0.2, -0.15) is 0 Å². The molecule has 0 spiro atoms. The van der Waals surface area contributed by atoms with Crippen LogP contribution in [-0.2, 0) is 4.74 Å². The number of methoxy groups -OCH3 is 1. The second-order valence-corrected chi connectivity index (χ2v) is 9.88. The van der Waals surface area contributed by atoms with Gasteiger partial charge in [-0.05, 0) is 70.7 Å². The maximum absolute atomic E-state index is 15.1. The first-order chi connectivity index (χ1) is 16.1. The number of hydrogen-bond donors (Lipinski definition) is 0. The van der Waals surface area contributed by atoms with Gasteiger partial charge in [-0.25, -0.2) is 24.1 Å². The average Bonchev–Trinajstić information content (AvgIpc) is 2.77. The third-order valence-electron chi connectivity index (χ3n) is 5.88. The van der Waals surface area contributed by atoms with Crippen molar-refractivity contribution in [2.45, 2.75) is 59.0 Å². The fourth-order valence-electron chi connectivity index (χ4n) is 4.40. The molecule has 0 N–H and O–H groups in total. The number of benzene rings is 1. The van der Waals surface area contributed by atoms with Gasteiger partial charge in [-0.1, -0.05) is 6.07 Å². The van der Waals surface area contributed by atoms with E-state index in [0.29, 0.717) is 41.3 Å². The van der Waals surface area contributed by atoms with Crippen molar-refractivity contribution in [2.24, 2.45) is 0 Å². The summed E-state index contributed by atoms with van der Waals surface area (Å²) in [5, 5.41) is 0.522. The maximum atomic E-state index is 15.1. The van der Waals surface area contributed by atoms with Crippen molar-refractivity contribution < 1.29 is 18.7 Å². The largest absolute Gasteiger partial charge is 0.496 e. The Morgan fingerprint density at radius 1 is 1.18 bits per heavy atom. The third-order valence-corrected chi connectivity index (χ3v) is 5.88. The number of carbonyl (C=O) groups excluding carboxylic acids is 1. The molecule has 1 fully saturated rings. The fraction of sp³-hybridized carbons (Fsp3) is 0.462. The van der Waals surface area contributed by atoms with Crippen molar-refractivity contribution >= 4 is 17.1 Å². The van der Waals surface area contributed by atoms with E-state index in [-0.39, 0.29) is 17.7 Å². The van der Waals surface area contributed by atoms with Gasteiger partial charge < -0.3 is 14.4 Å². The lowest BCUT2D eigenvalue weighted by Gasteiger charge is -2.33. The zero-order chi connectivity index (χ0) is 24.6. The highest BCUT2D eigenvalue weighted by atomic mass is 19.1. The first-order valence-corrected chi connectivity index (χ1v) is 11.5. The number of rotatable bonds is 3. The Labute approximate surface area is 199 Å². The Bertz CT molecular complexity index is 1240. The van der Waals surface area contributed by atoms with Crippen LogP contribution in [0.3, 0.4) is 0 Å². The van der Waals surface area contributed by atoms with Crippen LogP contribution in [0.15, 0.2) is 24.4 Å². The molecule has 180 valence electrons. The van der Waals surface area contributed by atoms with Crippen molar-refractivity contribution in [3.8, 4) is 17.0 Å². The number of nitrogens with zero attached hydrogens (tertiary/aromatic N) is 4. The van der Waals surface area contributed by atoms with E-state index in [1.54, 1.807) is 18.2 Å². The summed E-state index contributed by atoms with van der Waals surface area (Å²) in [4.78, 5) is 28.0. The van der Waals surface area contributed by atoms with Crippen molar-refractivity contribution in [3.05, 3.63) is 47.2 Å². The topological polar surface area (TPSA) is 77.4 Å². The van der Waals surface area contributed by atoms with E-state index < -0.39 is 11.4 Å². The van der Waals surface area contributed by atoms with Crippen LogP contribution in [0.5, 0.6) is 5.75 Å². The van der Waals surface area contributed by atoms with Gasteiger partial charge in [0.2, 0.25) is 0 Å². The fourth-order valence-corrected chi connectivity index (χ4v) is 4.40. The third kappa shape index (κ3) is 4.95. The number of fused-ring (bicyclic) bond motifs is 1. The Morgan fingerprint density at radius 3 is 2.65 bits per heavy atom. The van der Waals surface area contributed by atoms with Gasteiger partial charge in [-0.15, -0.1) is 0 Å². The van der Waals surface area contributed by atoms with Crippen LogP contribution >= 0.6 is 0 Å². The molecule has 1 aliphatic heterocycles. The average molecular weight is 467 g/mol. The van der Waals surface area contributed by atoms with E-state index in [4.69, 9.17) is 9.47 Å². The minimum absolute atomic E-state index is 0.0448. The van der Waals surface area contributed by atoms with E-state index in [9.17, 15) is 4.79 Å². The van der Waals surface area contributed by atoms with E-state index in [1.165, 1.54) is 6.07 Å². The Kier molecular flexibility index (Phi) is 6.43. The molecule has 0 unspecified atom stereocenters. The zero-order valence-electron chi connectivity index (χ0n) is 20.6. The quantitative estimate of drug-likeness (QED) is 0.502. The lowest BCUT2D eigenvalue weighted by molar-refractivity contribution is 0.0196. The Balaban J connectivity index is 1.68. The molecule has 4 rings (SSSR count). The molecule has 0 saturated carbocycles. The molecule has 3 aromatic rings. The summed E-state index contributed by atoms with van der Waals surface area (Å²) in [7, 11) is 1.57. The van der Waals surface area contributed by atoms with E-state index in [2.05, 4.69) is 15.0 Å². The first-order valence-electron chi connectivity index (χ1n) is 11.5. The Hall–Kier alpha value is -3.29. The second-order valence-electron chi connectivity index (χ2n) is 9.88. The number of halogens is 1. The molecule has 1 aromatic carbocycles. The number of likely N-dealkylation sites (tertiary alicyclic amines) is 1. The predicted molar refractivity (Wildman–Crippen MR) is 129 cm³/mol. The lowest BCUT2D eigenvalue weighted by atomic mass is 9.97. The summed E-state index contributed by atoms with van der Waals surface area (Å²) in [5.74, 6) is 0.663. The minimum atomic E-state index is -0.553. The second kappa shape index (κ2) is 9.16. The maximum Gasteiger partial charge on any atom is 0.410 e.